The molecular weight excluding hydrogens is 353 g/mol. The average molecular weight is 363 g/mol. The Morgan fingerprint density at radius 3 is 1.91 bits per heavy atom. The summed E-state index contributed by atoms with van der Waals surface area (Å²) in [6.07, 6.45) is 0. The van der Waals surface area contributed by atoms with Gasteiger partial charge in [0.05, 0.1) is 21.2 Å². The molecule has 0 aliphatic carbocycles. The Hall–Kier alpha value is -2.18. The fraction of sp³-hybridized carbons (Fsp3) is 0.0667. The van der Waals surface area contributed by atoms with Crippen molar-refractivity contribution in [3.05, 3.63) is 68.7 Å². The van der Waals surface area contributed by atoms with Crippen LogP contribution >= 0.6 is 23.2 Å². The van der Waals surface area contributed by atoms with Gasteiger partial charge in [0.2, 0.25) is 0 Å². The van der Waals surface area contributed by atoms with E-state index < -0.39 is 23.6 Å². The lowest BCUT2D eigenvalue weighted by Crippen LogP contribution is -1.99. The summed E-state index contributed by atoms with van der Waals surface area (Å²) >= 11 is 10.9. The predicted octanol–water partition coefficient (Wildman–Crippen LogP) is 4.66. The topological polar surface area (TPSA) is 74.6 Å². The molecule has 0 unspecified atom stereocenters. The fourth-order valence-corrected chi connectivity index (χ4v) is 1.96. The zero-order valence-electron chi connectivity index (χ0n) is 11.6. The van der Waals surface area contributed by atoms with Gasteiger partial charge in [0.15, 0.2) is 0 Å². The minimum Gasteiger partial charge on any atom is -0.478 e. The highest BCUT2D eigenvalue weighted by Crippen LogP contribution is 2.20. The number of aryl methyl sites for hydroxylation is 1. The second-order valence-corrected chi connectivity index (χ2v) is 5.13. The summed E-state index contributed by atoms with van der Waals surface area (Å²) in [5.41, 5.74) is 0.112. The van der Waals surface area contributed by atoms with Crippen molar-refractivity contribution in [2.24, 2.45) is 0 Å². The third-order valence-corrected chi connectivity index (χ3v) is 3.27. The van der Waals surface area contributed by atoms with Crippen LogP contribution in [0.2, 0.25) is 10.0 Å². The van der Waals surface area contributed by atoms with Gasteiger partial charge in [0.25, 0.3) is 0 Å². The molecule has 0 fully saturated rings. The van der Waals surface area contributed by atoms with Crippen molar-refractivity contribution in [3.63, 3.8) is 0 Å². The Labute approximate surface area is 139 Å². The number of carboxylic acid groups (broad SMARTS) is 2. The van der Waals surface area contributed by atoms with Crippen LogP contribution in [-0.2, 0) is 0 Å². The summed E-state index contributed by atoms with van der Waals surface area (Å²) in [5, 5.41) is 16.9. The van der Waals surface area contributed by atoms with Gasteiger partial charge in [-0.1, -0.05) is 23.2 Å². The number of hydrogen-bond donors (Lipinski definition) is 2. The maximum Gasteiger partial charge on any atom is 0.337 e. The first-order valence-corrected chi connectivity index (χ1v) is 6.76. The van der Waals surface area contributed by atoms with Crippen molar-refractivity contribution < 1.29 is 28.6 Å². The summed E-state index contributed by atoms with van der Waals surface area (Å²) in [7, 11) is 0. The van der Waals surface area contributed by atoms with E-state index in [1.54, 1.807) is 0 Å². The quantitative estimate of drug-likeness (QED) is 0.814. The van der Waals surface area contributed by atoms with Gasteiger partial charge in [-0.15, -0.1) is 0 Å². The average Bonchev–Trinajstić information content (AvgIpc) is 2.42. The Kier molecular flexibility index (Phi) is 6.48. The molecule has 0 aliphatic heterocycles. The SMILES string of the molecule is Cc1cc(C(=O)O)c(Cl)cc1F.O=C(O)c1ccc(F)cc1Cl. The van der Waals surface area contributed by atoms with Crippen LogP contribution in [0.25, 0.3) is 0 Å². The van der Waals surface area contributed by atoms with Crippen molar-refractivity contribution in [1.82, 2.24) is 0 Å². The highest BCUT2D eigenvalue weighted by atomic mass is 35.5. The largest absolute Gasteiger partial charge is 0.478 e. The molecule has 0 aromatic heterocycles. The van der Waals surface area contributed by atoms with Gasteiger partial charge >= 0.3 is 11.9 Å². The van der Waals surface area contributed by atoms with Crippen LogP contribution in [0.15, 0.2) is 30.3 Å². The summed E-state index contributed by atoms with van der Waals surface area (Å²) in [6.45, 7) is 1.48. The molecule has 0 aliphatic rings. The number of carbonyl (C=O) groups is 2. The van der Waals surface area contributed by atoms with Gasteiger partial charge < -0.3 is 10.2 Å². The number of rotatable bonds is 2. The molecule has 23 heavy (non-hydrogen) atoms. The first kappa shape index (κ1) is 18.9. The van der Waals surface area contributed by atoms with E-state index >= 15 is 0 Å². The van der Waals surface area contributed by atoms with E-state index in [1.165, 1.54) is 13.0 Å². The van der Waals surface area contributed by atoms with Crippen molar-refractivity contribution in [2.45, 2.75) is 6.92 Å². The van der Waals surface area contributed by atoms with E-state index in [1.807, 2.05) is 0 Å². The number of carboxylic acids is 2. The van der Waals surface area contributed by atoms with Crippen LogP contribution < -0.4 is 0 Å². The molecule has 2 rings (SSSR count). The van der Waals surface area contributed by atoms with Gasteiger partial charge in [0.1, 0.15) is 11.6 Å². The van der Waals surface area contributed by atoms with Crippen LogP contribution in [0.4, 0.5) is 8.78 Å². The summed E-state index contributed by atoms with van der Waals surface area (Å²) in [6, 6.07) is 5.35. The first-order chi connectivity index (χ1) is 10.6. The standard InChI is InChI=1S/C8H6ClFO2.C7H4ClFO2/c1-4-2-5(8(11)12)6(9)3-7(4)10;8-6-3-4(9)1-2-5(6)7(10)11/h2-3H,1H3,(H,11,12);1-3H,(H,10,11). The van der Waals surface area contributed by atoms with Crippen LogP contribution in [0.3, 0.4) is 0 Å². The minimum atomic E-state index is -1.16. The monoisotopic (exact) mass is 362 g/mol. The van der Waals surface area contributed by atoms with Gasteiger partial charge in [-0.05, 0) is 42.8 Å². The van der Waals surface area contributed by atoms with Crippen molar-refractivity contribution in [3.8, 4) is 0 Å². The molecule has 0 heterocycles. The third kappa shape index (κ3) is 5.19. The molecule has 0 amide bonds. The first-order valence-electron chi connectivity index (χ1n) is 6.00. The zero-order chi connectivity index (χ0) is 17.7. The number of halogens is 4. The Balaban J connectivity index is 0.000000231. The third-order valence-electron chi connectivity index (χ3n) is 2.64. The molecule has 122 valence electrons. The molecule has 2 aromatic rings. The molecule has 0 bridgehead atoms. The van der Waals surface area contributed by atoms with Crippen LogP contribution in [0.1, 0.15) is 26.3 Å². The minimum absolute atomic E-state index is 0.0735. The second kappa shape index (κ2) is 7.89. The van der Waals surface area contributed by atoms with E-state index in [0.717, 1.165) is 24.3 Å². The molecular formula is C15H10Cl2F2O4. The highest BCUT2D eigenvalue weighted by molar-refractivity contribution is 6.33. The normalized spacial score (nSPS) is 9.78. The Morgan fingerprint density at radius 1 is 0.913 bits per heavy atom. The van der Waals surface area contributed by atoms with Gasteiger partial charge in [-0.25, -0.2) is 18.4 Å². The molecule has 0 atom stereocenters. The van der Waals surface area contributed by atoms with E-state index in [9.17, 15) is 18.4 Å². The predicted molar refractivity (Wildman–Crippen MR) is 81.5 cm³/mol. The Bertz CT molecular complexity index is 763. The number of aromatic carboxylic acids is 2. The highest BCUT2D eigenvalue weighted by Gasteiger charge is 2.11. The van der Waals surface area contributed by atoms with E-state index in [4.69, 9.17) is 33.4 Å². The molecule has 0 saturated heterocycles. The molecule has 2 N–H and O–H groups in total. The molecule has 0 radical (unpaired) electrons. The number of benzene rings is 2. The van der Waals surface area contributed by atoms with Crippen molar-refractivity contribution in [2.75, 3.05) is 0 Å². The molecule has 0 spiro atoms. The van der Waals surface area contributed by atoms with Crippen LogP contribution in [-0.4, -0.2) is 22.2 Å². The van der Waals surface area contributed by atoms with Gasteiger partial charge in [-0.3, -0.25) is 0 Å². The fourth-order valence-electron chi connectivity index (χ4n) is 1.48. The van der Waals surface area contributed by atoms with Crippen LogP contribution in [0.5, 0.6) is 0 Å². The summed E-state index contributed by atoms with van der Waals surface area (Å²) < 4.78 is 25.1. The second-order valence-electron chi connectivity index (χ2n) is 4.32. The molecule has 4 nitrogen and oxygen atoms in total. The lowest BCUT2D eigenvalue weighted by Gasteiger charge is -2.00. The maximum atomic E-state index is 12.7. The van der Waals surface area contributed by atoms with Gasteiger partial charge in [0, 0.05) is 0 Å². The smallest absolute Gasteiger partial charge is 0.337 e. The van der Waals surface area contributed by atoms with Crippen molar-refractivity contribution >= 4 is 35.1 Å². The molecule has 0 saturated carbocycles. The van der Waals surface area contributed by atoms with E-state index in [0.29, 0.717) is 0 Å². The lowest BCUT2D eigenvalue weighted by atomic mass is 10.1. The summed E-state index contributed by atoms with van der Waals surface area (Å²) in [5.74, 6) is -3.34. The molecule has 8 heteroatoms. The van der Waals surface area contributed by atoms with E-state index in [2.05, 4.69) is 0 Å². The van der Waals surface area contributed by atoms with Crippen molar-refractivity contribution in [1.29, 1.82) is 0 Å². The number of hydrogen-bond acceptors (Lipinski definition) is 2. The summed E-state index contributed by atoms with van der Waals surface area (Å²) in [4.78, 5) is 20.8. The van der Waals surface area contributed by atoms with Crippen LogP contribution in [0, 0.1) is 18.6 Å². The zero-order valence-corrected chi connectivity index (χ0v) is 13.1. The van der Waals surface area contributed by atoms with E-state index in [-0.39, 0.29) is 26.7 Å². The lowest BCUT2D eigenvalue weighted by molar-refractivity contribution is 0.0686. The molecule has 2 aromatic carbocycles. The van der Waals surface area contributed by atoms with Gasteiger partial charge in [-0.2, -0.15) is 0 Å². The maximum absolute atomic E-state index is 12.7. The Morgan fingerprint density at radius 2 is 1.43 bits per heavy atom.